The minimum absolute atomic E-state index is 0.363. The van der Waals surface area contributed by atoms with Crippen molar-refractivity contribution in [3.05, 3.63) is 34.9 Å². The number of hydrogen-bond acceptors (Lipinski definition) is 2. The lowest BCUT2D eigenvalue weighted by Gasteiger charge is -2.26. The van der Waals surface area contributed by atoms with Crippen LogP contribution in [0.15, 0.2) is 18.2 Å². The molecule has 1 aromatic rings. The van der Waals surface area contributed by atoms with Crippen molar-refractivity contribution in [2.24, 2.45) is 0 Å². The quantitative estimate of drug-likeness (QED) is 0.895. The molecule has 0 radical (unpaired) electrons. The highest BCUT2D eigenvalue weighted by Crippen LogP contribution is 2.30. The van der Waals surface area contributed by atoms with Gasteiger partial charge in [-0.1, -0.05) is 25.1 Å². The fraction of sp³-hybridized carbons (Fsp3) is 0.647. The predicted octanol–water partition coefficient (Wildman–Crippen LogP) is 3.40. The Morgan fingerprint density at radius 2 is 2.05 bits per heavy atom. The maximum Gasteiger partial charge on any atom is 0.0770 e. The Bertz CT molecular complexity index is 423. The summed E-state index contributed by atoms with van der Waals surface area (Å²) in [5.74, 6) is 0. The standard InChI is InChI=1S/C17H25NO/c1-2-18-17(16-8-5-11-19-16)15-10-9-13-6-3-4-7-14(13)12-15/h9-10,12,16-18H,2-8,11H2,1H3. The van der Waals surface area contributed by atoms with E-state index in [4.69, 9.17) is 4.74 Å². The number of rotatable bonds is 4. The molecule has 1 N–H and O–H groups in total. The molecule has 1 aliphatic heterocycles. The van der Waals surface area contributed by atoms with Crippen LogP contribution >= 0.6 is 0 Å². The first-order valence-corrected chi connectivity index (χ1v) is 7.85. The summed E-state index contributed by atoms with van der Waals surface area (Å²) in [6, 6.07) is 7.48. The number of hydrogen-bond donors (Lipinski definition) is 1. The summed E-state index contributed by atoms with van der Waals surface area (Å²) >= 11 is 0. The van der Waals surface area contributed by atoms with Crippen molar-refractivity contribution in [1.82, 2.24) is 5.32 Å². The number of aryl methyl sites for hydroxylation is 2. The summed E-state index contributed by atoms with van der Waals surface area (Å²) in [5, 5.41) is 3.62. The van der Waals surface area contributed by atoms with Gasteiger partial charge in [-0.25, -0.2) is 0 Å². The Hall–Kier alpha value is -0.860. The van der Waals surface area contributed by atoms with Gasteiger partial charge < -0.3 is 10.1 Å². The highest BCUT2D eigenvalue weighted by molar-refractivity contribution is 5.35. The van der Waals surface area contributed by atoms with E-state index in [0.29, 0.717) is 12.1 Å². The van der Waals surface area contributed by atoms with E-state index in [1.165, 1.54) is 44.1 Å². The van der Waals surface area contributed by atoms with Crippen LogP contribution in [-0.2, 0) is 17.6 Å². The van der Waals surface area contributed by atoms with Gasteiger partial charge in [-0.3, -0.25) is 0 Å². The number of nitrogens with one attached hydrogen (secondary N) is 1. The second kappa shape index (κ2) is 6.06. The molecule has 0 saturated carbocycles. The normalized spacial score (nSPS) is 24.2. The highest BCUT2D eigenvalue weighted by Gasteiger charge is 2.27. The SMILES string of the molecule is CCNC(c1ccc2c(c1)CCCC2)C1CCCO1. The average Bonchev–Trinajstić information content (AvgIpc) is 2.98. The van der Waals surface area contributed by atoms with Crippen LogP contribution in [-0.4, -0.2) is 19.3 Å². The van der Waals surface area contributed by atoms with E-state index < -0.39 is 0 Å². The first kappa shape index (κ1) is 13.1. The molecule has 0 spiro atoms. The zero-order chi connectivity index (χ0) is 13.1. The van der Waals surface area contributed by atoms with Crippen LogP contribution in [0.4, 0.5) is 0 Å². The minimum atomic E-state index is 0.363. The molecule has 2 unspecified atom stereocenters. The van der Waals surface area contributed by atoms with Crippen LogP contribution in [0.25, 0.3) is 0 Å². The Kier molecular flexibility index (Phi) is 4.19. The van der Waals surface area contributed by atoms with Gasteiger partial charge in [0.2, 0.25) is 0 Å². The maximum absolute atomic E-state index is 5.90. The van der Waals surface area contributed by atoms with E-state index in [9.17, 15) is 0 Å². The van der Waals surface area contributed by atoms with Crippen molar-refractivity contribution in [1.29, 1.82) is 0 Å². The molecule has 2 aliphatic rings. The van der Waals surface area contributed by atoms with Crippen molar-refractivity contribution in [2.45, 2.75) is 57.6 Å². The maximum atomic E-state index is 5.90. The third-order valence-electron chi connectivity index (χ3n) is 4.49. The summed E-state index contributed by atoms with van der Waals surface area (Å²) in [5.41, 5.74) is 4.57. The largest absolute Gasteiger partial charge is 0.376 e. The molecule has 0 amide bonds. The van der Waals surface area contributed by atoms with Crippen molar-refractivity contribution < 1.29 is 4.74 Å². The van der Waals surface area contributed by atoms with E-state index in [0.717, 1.165) is 13.2 Å². The first-order valence-electron chi connectivity index (χ1n) is 7.85. The van der Waals surface area contributed by atoms with Crippen LogP contribution in [0, 0.1) is 0 Å². The molecule has 2 nitrogen and oxygen atoms in total. The lowest BCUT2D eigenvalue weighted by molar-refractivity contribution is 0.0788. The molecule has 1 aromatic carbocycles. The lowest BCUT2D eigenvalue weighted by Crippen LogP contribution is -2.31. The molecule has 1 fully saturated rings. The molecule has 0 bridgehead atoms. The second-order valence-electron chi connectivity index (χ2n) is 5.82. The Morgan fingerprint density at radius 3 is 2.79 bits per heavy atom. The van der Waals surface area contributed by atoms with Crippen molar-refractivity contribution in [2.75, 3.05) is 13.2 Å². The highest BCUT2D eigenvalue weighted by atomic mass is 16.5. The smallest absolute Gasteiger partial charge is 0.0770 e. The molecular formula is C17H25NO. The molecule has 104 valence electrons. The summed E-state index contributed by atoms with van der Waals surface area (Å²) in [6.07, 6.45) is 7.99. The van der Waals surface area contributed by atoms with Gasteiger partial charge in [-0.15, -0.1) is 0 Å². The van der Waals surface area contributed by atoms with Crippen LogP contribution in [0.3, 0.4) is 0 Å². The molecular weight excluding hydrogens is 234 g/mol. The van der Waals surface area contributed by atoms with Gasteiger partial charge in [0.05, 0.1) is 12.1 Å². The van der Waals surface area contributed by atoms with Crippen LogP contribution < -0.4 is 5.32 Å². The van der Waals surface area contributed by atoms with Crippen molar-refractivity contribution in [3.63, 3.8) is 0 Å². The van der Waals surface area contributed by atoms with Gasteiger partial charge >= 0.3 is 0 Å². The molecule has 2 heteroatoms. The molecule has 19 heavy (non-hydrogen) atoms. The monoisotopic (exact) mass is 259 g/mol. The number of benzene rings is 1. The number of fused-ring (bicyclic) bond motifs is 1. The fourth-order valence-corrected chi connectivity index (χ4v) is 3.50. The predicted molar refractivity (Wildman–Crippen MR) is 78.5 cm³/mol. The molecule has 1 saturated heterocycles. The second-order valence-corrected chi connectivity index (χ2v) is 5.82. The zero-order valence-electron chi connectivity index (χ0n) is 12.0. The van der Waals surface area contributed by atoms with Crippen LogP contribution in [0.1, 0.15) is 55.3 Å². The van der Waals surface area contributed by atoms with Crippen LogP contribution in [0.2, 0.25) is 0 Å². The molecule has 1 heterocycles. The summed E-state index contributed by atoms with van der Waals surface area (Å²) < 4.78 is 5.90. The third-order valence-corrected chi connectivity index (χ3v) is 4.49. The molecule has 3 rings (SSSR count). The van der Waals surface area contributed by atoms with Crippen LogP contribution in [0.5, 0.6) is 0 Å². The molecule has 1 aliphatic carbocycles. The van der Waals surface area contributed by atoms with E-state index >= 15 is 0 Å². The lowest BCUT2D eigenvalue weighted by atomic mass is 9.88. The number of likely N-dealkylation sites (N-methyl/N-ethyl adjacent to an activating group) is 1. The average molecular weight is 259 g/mol. The topological polar surface area (TPSA) is 21.3 Å². The Morgan fingerprint density at radius 1 is 1.21 bits per heavy atom. The van der Waals surface area contributed by atoms with Crippen molar-refractivity contribution >= 4 is 0 Å². The molecule has 0 aromatic heterocycles. The Balaban J connectivity index is 1.84. The zero-order valence-corrected chi connectivity index (χ0v) is 12.0. The fourth-order valence-electron chi connectivity index (χ4n) is 3.50. The summed E-state index contributed by atoms with van der Waals surface area (Å²) in [7, 11) is 0. The van der Waals surface area contributed by atoms with E-state index in [-0.39, 0.29) is 0 Å². The van der Waals surface area contributed by atoms with E-state index in [2.05, 4.69) is 30.4 Å². The minimum Gasteiger partial charge on any atom is -0.376 e. The van der Waals surface area contributed by atoms with E-state index in [1.54, 1.807) is 11.1 Å². The third kappa shape index (κ3) is 2.85. The van der Waals surface area contributed by atoms with Gasteiger partial charge in [-0.2, -0.15) is 0 Å². The van der Waals surface area contributed by atoms with Gasteiger partial charge in [-0.05, 0) is 61.8 Å². The Labute approximate surface area is 116 Å². The van der Waals surface area contributed by atoms with E-state index in [1.807, 2.05) is 0 Å². The van der Waals surface area contributed by atoms with Gasteiger partial charge in [0.15, 0.2) is 0 Å². The summed E-state index contributed by atoms with van der Waals surface area (Å²) in [6.45, 7) is 4.11. The van der Waals surface area contributed by atoms with Gasteiger partial charge in [0.1, 0.15) is 0 Å². The number of ether oxygens (including phenoxy) is 1. The molecule has 2 atom stereocenters. The van der Waals surface area contributed by atoms with Gasteiger partial charge in [0.25, 0.3) is 0 Å². The summed E-state index contributed by atoms with van der Waals surface area (Å²) in [4.78, 5) is 0. The first-order chi connectivity index (χ1) is 9.38. The van der Waals surface area contributed by atoms with Gasteiger partial charge in [0, 0.05) is 6.61 Å². The van der Waals surface area contributed by atoms with Crippen molar-refractivity contribution in [3.8, 4) is 0 Å².